The molecule has 2 heterocycles. The number of ether oxygens (including phenoxy) is 1. The number of methoxy groups -OCH3 is 1. The second-order valence-corrected chi connectivity index (χ2v) is 7.13. The molecule has 4 rings (SSSR count). The highest BCUT2D eigenvalue weighted by molar-refractivity contribution is 6.11. The molecule has 1 aliphatic rings. The number of anilines is 2. The molecule has 1 aromatic heterocycles. The summed E-state index contributed by atoms with van der Waals surface area (Å²) >= 11 is 0. The van der Waals surface area contributed by atoms with E-state index in [0.29, 0.717) is 5.56 Å². The summed E-state index contributed by atoms with van der Waals surface area (Å²) in [6.07, 6.45) is 1.35. The summed E-state index contributed by atoms with van der Waals surface area (Å²) in [5.41, 5.74) is 6.69. The molecule has 142 valence electrons. The van der Waals surface area contributed by atoms with Crippen molar-refractivity contribution in [3.63, 3.8) is 0 Å². The van der Waals surface area contributed by atoms with Crippen LogP contribution in [0.2, 0.25) is 0 Å². The molecule has 0 unspecified atom stereocenters. The normalized spacial score (nSPS) is 15.5. The lowest BCUT2D eigenvalue weighted by Gasteiger charge is -2.28. The predicted octanol–water partition coefficient (Wildman–Crippen LogP) is 4.79. The van der Waals surface area contributed by atoms with Crippen molar-refractivity contribution < 1.29 is 9.53 Å². The molecular formula is C23H23N3O2. The van der Waals surface area contributed by atoms with Gasteiger partial charge in [-0.05, 0) is 68.3 Å². The Hall–Kier alpha value is -3.34. The predicted molar refractivity (Wildman–Crippen MR) is 111 cm³/mol. The zero-order valence-corrected chi connectivity index (χ0v) is 16.5. The van der Waals surface area contributed by atoms with E-state index in [0.717, 1.165) is 33.9 Å². The van der Waals surface area contributed by atoms with Gasteiger partial charge in [0, 0.05) is 17.6 Å². The van der Waals surface area contributed by atoms with Gasteiger partial charge in [-0.15, -0.1) is 0 Å². The molecule has 0 aliphatic carbocycles. The standard InChI is InChI=1S/C23H23N3O2/c1-14-12-15(2)20(16(3)13-14)25-22-21-19(6-5-11-24-21)23(27)26(22)17-7-9-18(28-4)10-8-17/h5-13,22,25H,1-4H3/t22-/m0/s1. The number of amides is 1. The Morgan fingerprint density at radius 1 is 1.04 bits per heavy atom. The van der Waals surface area contributed by atoms with E-state index in [1.165, 1.54) is 5.56 Å². The molecule has 0 spiro atoms. The van der Waals surface area contributed by atoms with Crippen molar-refractivity contribution in [3.05, 3.63) is 82.7 Å². The van der Waals surface area contributed by atoms with E-state index in [-0.39, 0.29) is 12.1 Å². The molecular weight excluding hydrogens is 350 g/mol. The molecule has 1 amide bonds. The van der Waals surface area contributed by atoms with Gasteiger partial charge in [0.1, 0.15) is 5.75 Å². The lowest BCUT2D eigenvalue weighted by Crippen LogP contribution is -2.32. The van der Waals surface area contributed by atoms with Gasteiger partial charge >= 0.3 is 0 Å². The summed E-state index contributed by atoms with van der Waals surface area (Å²) in [6.45, 7) is 6.25. The summed E-state index contributed by atoms with van der Waals surface area (Å²) in [7, 11) is 1.63. The highest BCUT2D eigenvalue weighted by Crippen LogP contribution is 2.38. The first kappa shape index (κ1) is 18.0. The number of benzene rings is 2. The van der Waals surface area contributed by atoms with Crippen molar-refractivity contribution in [2.45, 2.75) is 26.9 Å². The minimum Gasteiger partial charge on any atom is -0.497 e. The van der Waals surface area contributed by atoms with Crippen LogP contribution >= 0.6 is 0 Å². The number of fused-ring (bicyclic) bond motifs is 1. The van der Waals surface area contributed by atoms with Crippen LogP contribution in [0.25, 0.3) is 0 Å². The first-order valence-electron chi connectivity index (χ1n) is 9.26. The minimum absolute atomic E-state index is 0.0619. The SMILES string of the molecule is COc1ccc(N2C(=O)c3cccnc3[C@H]2Nc2c(C)cc(C)cc2C)cc1. The molecule has 0 fully saturated rings. The Morgan fingerprint density at radius 3 is 2.36 bits per heavy atom. The lowest BCUT2D eigenvalue weighted by molar-refractivity contribution is 0.0993. The van der Waals surface area contributed by atoms with Crippen molar-refractivity contribution in [2.75, 3.05) is 17.3 Å². The number of hydrogen-bond donors (Lipinski definition) is 1. The summed E-state index contributed by atoms with van der Waals surface area (Å²) < 4.78 is 5.25. The molecule has 0 radical (unpaired) electrons. The zero-order valence-electron chi connectivity index (χ0n) is 16.5. The van der Waals surface area contributed by atoms with Crippen LogP contribution in [0.15, 0.2) is 54.7 Å². The van der Waals surface area contributed by atoms with Gasteiger partial charge < -0.3 is 10.1 Å². The van der Waals surface area contributed by atoms with Gasteiger partial charge in [0.2, 0.25) is 0 Å². The Balaban J connectivity index is 1.80. The van der Waals surface area contributed by atoms with Crippen LogP contribution < -0.4 is 15.0 Å². The monoisotopic (exact) mass is 373 g/mol. The highest BCUT2D eigenvalue weighted by atomic mass is 16.5. The van der Waals surface area contributed by atoms with Crippen LogP contribution in [0.3, 0.4) is 0 Å². The van der Waals surface area contributed by atoms with Gasteiger partial charge in [0.25, 0.3) is 5.91 Å². The number of nitrogens with zero attached hydrogens (tertiary/aromatic N) is 2. The fourth-order valence-electron chi connectivity index (χ4n) is 3.87. The first-order valence-corrected chi connectivity index (χ1v) is 9.26. The van der Waals surface area contributed by atoms with Crippen LogP contribution in [0.5, 0.6) is 5.75 Å². The van der Waals surface area contributed by atoms with E-state index in [1.807, 2.05) is 30.3 Å². The second-order valence-electron chi connectivity index (χ2n) is 7.13. The molecule has 1 aliphatic heterocycles. The number of hydrogen-bond acceptors (Lipinski definition) is 4. The Morgan fingerprint density at radius 2 is 1.71 bits per heavy atom. The molecule has 1 N–H and O–H groups in total. The quantitative estimate of drug-likeness (QED) is 0.715. The molecule has 0 bridgehead atoms. The largest absolute Gasteiger partial charge is 0.497 e. The molecule has 2 aromatic carbocycles. The van der Waals surface area contributed by atoms with Crippen LogP contribution in [0, 0.1) is 20.8 Å². The average molecular weight is 373 g/mol. The molecule has 28 heavy (non-hydrogen) atoms. The molecule has 0 saturated heterocycles. The van der Waals surface area contributed by atoms with Gasteiger partial charge in [0.05, 0.1) is 18.4 Å². The fourth-order valence-corrected chi connectivity index (χ4v) is 3.87. The first-order chi connectivity index (χ1) is 13.5. The third-order valence-electron chi connectivity index (χ3n) is 5.11. The van der Waals surface area contributed by atoms with Gasteiger partial charge in [0.15, 0.2) is 6.17 Å². The van der Waals surface area contributed by atoms with Crippen molar-refractivity contribution in [1.82, 2.24) is 4.98 Å². The summed E-state index contributed by atoms with van der Waals surface area (Å²) in [4.78, 5) is 19.5. The topological polar surface area (TPSA) is 54.5 Å². The number of carbonyl (C=O) groups excluding carboxylic acids is 1. The van der Waals surface area contributed by atoms with Gasteiger partial charge in [-0.1, -0.05) is 17.7 Å². The molecule has 0 saturated carbocycles. The number of aromatic nitrogens is 1. The van der Waals surface area contributed by atoms with Crippen molar-refractivity contribution >= 4 is 17.3 Å². The van der Waals surface area contributed by atoms with E-state index in [2.05, 4.69) is 43.2 Å². The van der Waals surface area contributed by atoms with E-state index in [4.69, 9.17) is 4.74 Å². The summed E-state index contributed by atoms with van der Waals surface area (Å²) in [5.74, 6) is 0.689. The van der Waals surface area contributed by atoms with E-state index < -0.39 is 0 Å². The maximum absolute atomic E-state index is 13.2. The fraction of sp³-hybridized carbons (Fsp3) is 0.217. The van der Waals surface area contributed by atoms with E-state index in [9.17, 15) is 4.79 Å². The third kappa shape index (κ3) is 2.99. The van der Waals surface area contributed by atoms with Crippen molar-refractivity contribution in [3.8, 4) is 5.75 Å². The highest BCUT2D eigenvalue weighted by Gasteiger charge is 2.39. The van der Waals surface area contributed by atoms with Crippen molar-refractivity contribution in [2.24, 2.45) is 0 Å². The zero-order chi connectivity index (χ0) is 19.8. The number of pyridine rings is 1. The minimum atomic E-state index is -0.378. The van der Waals surface area contributed by atoms with E-state index in [1.54, 1.807) is 24.3 Å². The average Bonchev–Trinajstić information content (AvgIpc) is 2.97. The number of rotatable bonds is 4. The van der Waals surface area contributed by atoms with Crippen LogP contribution in [0.4, 0.5) is 11.4 Å². The maximum Gasteiger partial charge on any atom is 0.262 e. The number of carbonyl (C=O) groups is 1. The Kier molecular flexibility index (Phi) is 4.51. The van der Waals surface area contributed by atoms with Crippen LogP contribution in [-0.2, 0) is 0 Å². The number of aryl methyl sites for hydroxylation is 3. The third-order valence-corrected chi connectivity index (χ3v) is 5.11. The Labute approximate surface area is 165 Å². The summed E-state index contributed by atoms with van der Waals surface area (Å²) in [5, 5.41) is 3.58. The van der Waals surface area contributed by atoms with Crippen molar-refractivity contribution in [1.29, 1.82) is 0 Å². The van der Waals surface area contributed by atoms with Crippen LogP contribution in [-0.4, -0.2) is 18.0 Å². The Bertz CT molecular complexity index is 1020. The van der Waals surface area contributed by atoms with Gasteiger partial charge in [-0.2, -0.15) is 0 Å². The molecule has 1 atom stereocenters. The smallest absolute Gasteiger partial charge is 0.262 e. The summed E-state index contributed by atoms with van der Waals surface area (Å²) in [6, 6.07) is 15.4. The van der Waals surface area contributed by atoms with Crippen LogP contribution in [0.1, 0.15) is 38.9 Å². The van der Waals surface area contributed by atoms with Gasteiger partial charge in [-0.25, -0.2) is 0 Å². The van der Waals surface area contributed by atoms with Gasteiger partial charge in [-0.3, -0.25) is 14.7 Å². The van der Waals surface area contributed by atoms with E-state index >= 15 is 0 Å². The molecule has 5 nitrogen and oxygen atoms in total. The maximum atomic E-state index is 13.2. The number of nitrogens with one attached hydrogen (secondary N) is 1. The molecule has 5 heteroatoms. The second kappa shape index (κ2) is 7.00. The molecule has 3 aromatic rings. The lowest BCUT2D eigenvalue weighted by atomic mass is 10.0.